The average Bonchev–Trinajstić information content (AvgIpc) is 2.23. The average molecular weight is 278 g/mol. The van der Waals surface area contributed by atoms with Gasteiger partial charge in [-0.05, 0) is 27.6 Å². The second-order valence-corrected chi connectivity index (χ2v) is 4.35. The highest BCUT2D eigenvalue weighted by atomic mass is 79.9. The Morgan fingerprint density at radius 3 is 3.21 bits per heavy atom. The molecule has 1 N–H and O–H groups in total. The highest BCUT2D eigenvalue weighted by Gasteiger charge is 2.18. The Morgan fingerprint density at radius 1 is 1.64 bits per heavy atom. The molecule has 1 unspecified atom stereocenters. The highest BCUT2D eigenvalue weighted by molar-refractivity contribution is 9.10. The lowest BCUT2D eigenvalue weighted by atomic mass is 10.1. The first-order chi connectivity index (χ1) is 6.77. The van der Waals surface area contributed by atoms with Crippen LogP contribution in [0.3, 0.4) is 0 Å². The molecule has 0 spiro atoms. The third-order valence-electron chi connectivity index (χ3n) is 2.15. The third kappa shape index (κ3) is 2.25. The van der Waals surface area contributed by atoms with Crippen LogP contribution in [0.15, 0.2) is 16.7 Å². The number of nitrogens with one attached hydrogen (secondary N) is 1. The van der Waals surface area contributed by atoms with E-state index in [1.165, 1.54) is 0 Å². The highest BCUT2D eigenvalue weighted by Crippen LogP contribution is 2.26. The van der Waals surface area contributed by atoms with E-state index in [1.807, 2.05) is 6.07 Å². The summed E-state index contributed by atoms with van der Waals surface area (Å²) in [5, 5.41) is 3.87. The van der Waals surface area contributed by atoms with Crippen LogP contribution in [0.2, 0.25) is 5.15 Å². The summed E-state index contributed by atoms with van der Waals surface area (Å²) in [6.07, 6.45) is 1.72. The van der Waals surface area contributed by atoms with Crippen LogP contribution in [0, 0.1) is 0 Å². The number of morpholine rings is 1. The minimum Gasteiger partial charge on any atom is -0.378 e. The lowest BCUT2D eigenvalue weighted by Gasteiger charge is -2.24. The molecule has 5 heteroatoms. The number of aromatic nitrogens is 1. The van der Waals surface area contributed by atoms with Crippen LogP contribution in [0.1, 0.15) is 11.6 Å². The Hall–Kier alpha value is -0.160. The van der Waals surface area contributed by atoms with Gasteiger partial charge in [0.05, 0.1) is 19.3 Å². The molecule has 1 atom stereocenters. The summed E-state index contributed by atoms with van der Waals surface area (Å²) in [6, 6.07) is 2.07. The Kier molecular flexibility index (Phi) is 3.38. The molecule has 0 amide bonds. The summed E-state index contributed by atoms with van der Waals surface area (Å²) in [7, 11) is 0. The van der Waals surface area contributed by atoms with Gasteiger partial charge >= 0.3 is 0 Å². The summed E-state index contributed by atoms with van der Waals surface area (Å²) >= 11 is 9.28. The van der Waals surface area contributed by atoms with E-state index in [9.17, 15) is 0 Å². The van der Waals surface area contributed by atoms with E-state index in [2.05, 4.69) is 26.2 Å². The van der Waals surface area contributed by atoms with Crippen molar-refractivity contribution in [3.63, 3.8) is 0 Å². The van der Waals surface area contributed by atoms with Gasteiger partial charge in [-0.1, -0.05) is 11.6 Å². The molecule has 1 aromatic rings. The maximum absolute atomic E-state index is 5.84. The van der Waals surface area contributed by atoms with Crippen LogP contribution >= 0.6 is 27.5 Å². The van der Waals surface area contributed by atoms with Gasteiger partial charge in [0, 0.05) is 17.2 Å². The fourth-order valence-electron chi connectivity index (χ4n) is 1.46. The van der Waals surface area contributed by atoms with E-state index >= 15 is 0 Å². The molecule has 0 radical (unpaired) electrons. The molecule has 1 aliphatic heterocycles. The van der Waals surface area contributed by atoms with E-state index in [0.717, 1.165) is 23.2 Å². The third-order valence-corrected chi connectivity index (χ3v) is 3.02. The minimum absolute atomic E-state index is 0.207. The number of pyridine rings is 1. The van der Waals surface area contributed by atoms with Crippen LogP contribution in [0.25, 0.3) is 0 Å². The SMILES string of the molecule is Clc1cc(C2COCCN2)c(Br)cn1. The molecule has 2 heterocycles. The van der Waals surface area contributed by atoms with Gasteiger partial charge in [-0.25, -0.2) is 4.98 Å². The number of hydrogen-bond donors (Lipinski definition) is 1. The lowest BCUT2D eigenvalue weighted by Crippen LogP contribution is -2.34. The fourth-order valence-corrected chi connectivity index (χ4v) is 2.12. The van der Waals surface area contributed by atoms with E-state index < -0.39 is 0 Å². The van der Waals surface area contributed by atoms with Gasteiger partial charge in [-0.2, -0.15) is 0 Å². The number of rotatable bonds is 1. The molecule has 0 aliphatic carbocycles. The minimum atomic E-state index is 0.207. The van der Waals surface area contributed by atoms with Crippen molar-refractivity contribution in [3.05, 3.63) is 27.5 Å². The zero-order chi connectivity index (χ0) is 9.97. The number of halogens is 2. The molecule has 1 saturated heterocycles. The molecular formula is C9H10BrClN2O. The normalized spacial score (nSPS) is 22.3. The molecule has 76 valence electrons. The molecule has 0 aromatic carbocycles. The number of nitrogens with zero attached hydrogens (tertiary/aromatic N) is 1. The first kappa shape index (κ1) is 10.4. The Labute approximate surface area is 95.9 Å². The van der Waals surface area contributed by atoms with Crippen molar-refractivity contribution in [1.29, 1.82) is 0 Å². The number of ether oxygens (including phenoxy) is 1. The molecule has 2 rings (SSSR count). The Balaban J connectivity index is 2.24. The summed E-state index contributed by atoms with van der Waals surface area (Å²) in [5.41, 5.74) is 1.10. The predicted molar refractivity (Wildman–Crippen MR) is 58.5 cm³/mol. The summed E-state index contributed by atoms with van der Waals surface area (Å²) in [5.74, 6) is 0. The monoisotopic (exact) mass is 276 g/mol. The maximum Gasteiger partial charge on any atom is 0.129 e. The standard InChI is InChI=1S/C9H10BrClN2O/c10-7-4-13-9(11)3-6(7)8-5-14-2-1-12-8/h3-4,8,12H,1-2,5H2. The predicted octanol–water partition coefficient (Wildman–Crippen LogP) is 2.16. The van der Waals surface area contributed by atoms with Gasteiger partial charge in [0.25, 0.3) is 0 Å². The largest absolute Gasteiger partial charge is 0.378 e. The van der Waals surface area contributed by atoms with Crippen LogP contribution < -0.4 is 5.32 Å². The summed E-state index contributed by atoms with van der Waals surface area (Å²) < 4.78 is 6.35. The molecule has 0 saturated carbocycles. The smallest absolute Gasteiger partial charge is 0.129 e. The van der Waals surface area contributed by atoms with Crippen molar-refractivity contribution in [3.8, 4) is 0 Å². The van der Waals surface area contributed by atoms with Gasteiger partial charge in [0.15, 0.2) is 0 Å². The molecule has 1 fully saturated rings. The van der Waals surface area contributed by atoms with E-state index in [4.69, 9.17) is 16.3 Å². The molecular weight excluding hydrogens is 267 g/mol. The molecule has 1 aromatic heterocycles. The zero-order valence-electron chi connectivity index (χ0n) is 7.46. The van der Waals surface area contributed by atoms with Crippen LogP contribution in [-0.2, 0) is 4.74 Å². The van der Waals surface area contributed by atoms with E-state index in [1.54, 1.807) is 6.20 Å². The van der Waals surface area contributed by atoms with Crippen LogP contribution in [-0.4, -0.2) is 24.7 Å². The van der Waals surface area contributed by atoms with Gasteiger partial charge in [-0.3, -0.25) is 0 Å². The topological polar surface area (TPSA) is 34.1 Å². The van der Waals surface area contributed by atoms with Crippen molar-refractivity contribution in [2.45, 2.75) is 6.04 Å². The second-order valence-electron chi connectivity index (χ2n) is 3.11. The molecule has 0 bridgehead atoms. The van der Waals surface area contributed by atoms with Gasteiger partial charge in [0.1, 0.15) is 5.15 Å². The molecule has 3 nitrogen and oxygen atoms in total. The first-order valence-corrected chi connectivity index (χ1v) is 5.56. The lowest BCUT2D eigenvalue weighted by molar-refractivity contribution is 0.0766. The van der Waals surface area contributed by atoms with Crippen molar-refractivity contribution in [1.82, 2.24) is 10.3 Å². The van der Waals surface area contributed by atoms with Crippen molar-refractivity contribution < 1.29 is 4.74 Å². The summed E-state index contributed by atoms with van der Waals surface area (Å²) in [4.78, 5) is 3.98. The van der Waals surface area contributed by atoms with Crippen LogP contribution in [0.5, 0.6) is 0 Å². The van der Waals surface area contributed by atoms with Gasteiger partial charge < -0.3 is 10.1 Å². The fraction of sp³-hybridized carbons (Fsp3) is 0.444. The number of hydrogen-bond acceptors (Lipinski definition) is 3. The summed E-state index contributed by atoms with van der Waals surface area (Å²) in [6.45, 7) is 2.32. The van der Waals surface area contributed by atoms with E-state index in [-0.39, 0.29) is 6.04 Å². The van der Waals surface area contributed by atoms with Gasteiger partial charge in [-0.15, -0.1) is 0 Å². The second kappa shape index (κ2) is 4.57. The van der Waals surface area contributed by atoms with Gasteiger partial charge in [0.2, 0.25) is 0 Å². The Morgan fingerprint density at radius 2 is 2.50 bits per heavy atom. The van der Waals surface area contributed by atoms with Crippen molar-refractivity contribution >= 4 is 27.5 Å². The zero-order valence-corrected chi connectivity index (χ0v) is 9.81. The first-order valence-electron chi connectivity index (χ1n) is 4.39. The Bertz CT molecular complexity index is 329. The van der Waals surface area contributed by atoms with Crippen LogP contribution in [0.4, 0.5) is 0 Å². The van der Waals surface area contributed by atoms with E-state index in [0.29, 0.717) is 11.8 Å². The van der Waals surface area contributed by atoms with Crippen molar-refractivity contribution in [2.24, 2.45) is 0 Å². The molecule has 14 heavy (non-hydrogen) atoms. The molecule has 1 aliphatic rings. The maximum atomic E-state index is 5.84. The van der Waals surface area contributed by atoms with Crippen molar-refractivity contribution in [2.75, 3.05) is 19.8 Å². The quantitative estimate of drug-likeness (QED) is 0.799.